The SMILES string of the molecule is CC(C)(C)N(C(=O)O)[C@@H]1CO[C@H]2[C@@H]1OC[C@@H]2N. The maximum absolute atomic E-state index is 11.4. The number of hydrogen-bond donors (Lipinski definition) is 2. The fourth-order valence-corrected chi connectivity index (χ4v) is 2.66. The number of amides is 1. The van der Waals surface area contributed by atoms with Crippen LogP contribution in [0.5, 0.6) is 0 Å². The number of nitrogens with two attached hydrogens (primary N) is 1. The maximum atomic E-state index is 11.4. The van der Waals surface area contributed by atoms with Crippen LogP contribution in [0.25, 0.3) is 0 Å². The van der Waals surface area contributed by atoms with Gasteiger partial charge in [-0.15, -0.1) is 0 Å². The molecule has 0 aromatic carbocycles. The van der Waals surface area contributed by atoms with Gasteiger partial charge in [0.25, 0.3) is 0 Å². The highest BCUT2D eigenvalue weighted by molar-refractivity contribution is 5.66. The van der Waals surface area contributed by atoms with E-state index >= 15 is 0 Å². The molecule has 2 aliphatic heterocycles. The van der Waals surface area contributed by atoms with Gasteiger partial charge in [-0.1, -0.05) is 0 Å². The average molecular weight is 244 g/mol. The standard InChI is InChI=1S/C11H20N2O4/c1-11(2,3)13(10(14)15)7-5-17-8-6(12)4-16-9(7)8/h6-9H,4-5,12H2,1-3H3,(H,14,15)/t6-,7+,8+,9+/m0/s1. The van der Waals surface area contributed by atoms with E-state index in [4.69, 9.17) is 15.2 Å². The van der Waals surface area contributed by atoms with Gasteiger partial charge in [0.2, 0.25) is 0 Å². The summed E-state index contributed by atoms with van der Waals surface area (Å²) in [7, 11) is 0. The molecule has 0 aromatic heterocycles. The van der Waals surface area contributed by atoms with E-state index in [1.165, 1.54) is 4.90 Å². The molecule has 0 spiro atoms. The van der Waals surface area contributed by atoms with E-state index in [2.05, 4.69) is 0 Å². The summed E-state index contributed by atoms with van der Waals surface area (Å²) >= 11 is 0. The highest BCUT2D eigenvalue weighted by Crippen LogP contribution is 2.32. The Bertz CT molecular complexity index is 315. The average Bonchev–Trinajstić information content (AvgIpc) is 2.69. The first-order valence-corrected chi connectivity index (χ1v) is 5.83. The Balaban J connectivity index is 2.19. The number of hydrogen-bond acceptors (Lipinski definition) is 4. The molecule has 3 N–H and O–H groups in total. The van der Waals surface area contributed by atoms with E-state index in [1.54, 1.807) is 0 Å². The van der Waals surface area contributed by atoms with Gasteiger partial charge in [-0.25, -0.2) is 4.79 Å². The first-order valence-electron chi connectivity index (χ1n) is 5.83. The summed E-state index contributed by atoms with van der Waals surface area (Å²) in [5.41, 5.74) is 5.37. The molecular weight excluding hydrogens is 224 g/mol. The molecule has 0 bridgehead atoms. The van der Waals surface area contributed by atoms with Crippen LogP contribution < -0.4 is 5.73 Å². The van der Waals surface area contributed by atoms with Crippen molar-refractivity contribution >= 4 is 6.09 Å². The van der Waals surface area contributed by atoms with Gasteiger partial charge >= 0.3 is 6.09 Å². The Kier molecular flexibility index (Phi) is 3.05. The van der Waals surface area contributed by atoms with E-state index in [-0.39, 0.29) is 24.3 Å². The minimum atomic E-state index is -0.948. The molecule has 2 rings (SSSR count). The Labute approximate surface area is 101 Å². The van der Waals surface area contributed by atoms with E-state index in [9.17, 15) is 9.90 Å². The van der Waals surface area contributed by atoms with Crippen LogP contribution in [0, 0.1) is 0 Å². The van der Waals surface area contributed by atoms with Crippen molar-refractivity contribution in [3.63, 3.8) is 0 Å². The first-order chi connectivity index (χ1) is 7.82. The van der Waals surface area contributed by atoms with Crippen LogP contribution in [-0.2, 0) is 9.47 Å². The minimum absolute atomic E-state index is 0.152. The highest BCUT2D eigenvalue weighted by atomic mass is 16.6. The van der Waals surface area contributed by atoms with Gasteiger partial charge in [-0.3, -0.25) is 4.90 Å². The molecular formula is C11H20N2O4. The van der Waals surface area contributed by atoms with E-state index in [0.717, 1.165) is 0 Å². The Hall–Kier alpha value is -0.850. The molecule has 0 saturated carbocycles. The third-order valence-electron chi connectivity index (χ3n) is 3.33. The number of carboxylic acid groups (broad SMARTS) is 1. The highest BCUT2D eigenvalue weighted by Gasteiger charge is 2.51. The predicted octanol–water partition coefficient (Wildman–Crippen LogP) is 0.258. The van der Waals surface area contributed by atoms with Crippen molar-refractivity contribution in [2.24, 2.45) is 5.73 Å². The fourth-order valence-electron chi connectivity index (χ4n) is 2.66. The van der Waals surface area contributed by atoms with Crippen molar-refractivity contribution < 1.29 is 19.4 Å². The molecule has 98 valence electrons. The van der Waals surface area contributed by atoms with Gasteiger partial charge in [-0.2, -0.15) is 0 Å². The summed E-state index contributed by atoms with van der Waals surface area (Å²) in [4.78, 5) is 12.8. The van der Waals surface area contributed by atoms with Crippen molar-refractivity contribution in [1.29, 1.82) is 0 Å². The maximum Gasteiger partial charge on any atom is 0.408 e. The van der Waals surface area contributed by atoms with Crippen LogP contribution in [0.1, 0.15) is 20.8 Å². The minimum Gasteiger partial charge on any atom is -0.465 e. The summed E-state index contributed by atoms with van der Waals surface area (Å²) in [5.74, 6) is 0. The predicted molar refractivity (Wildman–Crippen MR) is 60.9 cm³/mol. The Morgan fingerprint density at radius 1 is 1.29 bits per heavy atom. The fraction of sp³-hybridized carbons (Fsp3) is 0.909. The van der Waals surface area contributed by atoms with Gasteiger partial charge in [0.05, 0.1) is 25.3 Å². The largest absolute Gasteiger partial charge is 0.465 e. The second-order valence-corrected chi connectivity index (χ2v) is 5.65. The molecule has 17 heavy (non-hydrogen) atoms. The van der Waals surface area contributed by atoms with Crippen LogP contribution in [0.2, 0.25) is 0 Å². The summed E-state index contributed by atoms with van der Waals surface area (Å²) in [6.45, 7) is 6.38. The van der Waals surface area contributed by atoms with Crippen molar-refractivity contribution in [3.8, 4) is 0 Å². The zero-order valence-electron chi connectivity index (χ0n) is 10.4. The van der Waals surface area contributed by atoms with Crippen LogP contribution >= 0.6 is 0 Å². The van der Waals surface area contributed by atoms with Crippen LogP contribution in [0.4, 0.5) is 4.79 Å². The van der Waals surface area contributed by atoms with Crippen molar-refractivity contribution in [2.45, 2.75) is 50.6 Å². The molecule has 0 aliphatic carbocycles. The number of ether oxygens (including phenoxy) is 2. The number of fused-ring (bicyclic) bond motifs is 1. The Morgan fingerprint density at radius 2 is 1.88 bits per heavy atom. The lowest BCUT2D eigenvalue weighted by Crippen LogP contribution is -2.55. The molecule has 6 nitrogen and oxygen atoms in total. The van der Waals surface area contributed by atoms with Crippen LogP contribution in [-0.4, -0.2) is 59.1 Å². The number of carbonyl (C=O) groups is 1. The molecule has 2 heterocycles. The molecule has 0 radical (unpaired) electrons. The first kappa shape index (κ1) is 12.6. The van der Waals surface area contributed by atoms with Gasteiger partial charge in [0.15, 0.2) is 0 Å². The molecule has 2 fully saturated rings. The molecule has 2 saturated heterocycles. The third kappa shape index (κ3) is 2.12. The summed E-state index contributed by atoms with van der Waals surface area (Å²) in [6, 6.07) is -0.424. The van der Waals surface area contributed by atoms with Gasteiger partial charge in [0, 0.05) is 5.54 Å². The van der Waals surface area contributed by atoms with E-state index in [1.807, 2.05) is 20.8 Å². The summed E-state index contributed by atoms with van der Waals surface area (Å²) in [5, 5.41) is 9.34. The molecule has 0 aromatic rings. The zero-order chi connectivity index (χ0) is 12.8. The zero-order valence-corrected chi connectivity index (χ0v) is 10.4. The normalized spacial score (nSPS) is 36.9. The number of rotatable bonds is 1. The monoisotopic (exact) mass is 244 g/mol. The van der Waals surface area contributed by atoms with Crippen LogP contribution in [0.3, 0.4) is 0 Å². The van der Waals surface area contributed by atoms with Crippen LogP contribution in [0.15, 0.2) is 0 Å². The van der Waals surface area contributed by atoms with Gasteiger partial charge in [-0.05, 0) is 20.8 Å². The second-order valence-electron chi connectivity index (χ2n) is 5.65. The lowest BCUT2D eigenvalue weighted by Gasteiger charge is -2.39. The molecule has 0 unspecified atom stereocenters. The molecule has 2 aliphatic rings. The topological polar surface area (TPSA) is 85.0 Å². The van der Waals surface area contributed by atoms with Gasteiger partial charge in [0.1, 0.15) is 12.2 Å². The Morgan fingerprint density at radius 3 is 2.41 bits per heavy atom. The third-order valence-corrected chi connectivity index (χ3v) is 3.33. The van der Waals surface area contributed by atoms with Gasteiger partial charge < -0.3 is 20.3 Å². The summed E-state index contributed by atoms with van der Waals surface area (Å²) < 4.78 is 11.1. The van der Waals surface area contributed by atoms with E-state index < -0.39 is 11.6 Å². The lowest BCUT2D eigenvalue weighted by molar-refractivity contribution is 0.00779. The summed E-state index contributed by atoms with van der Waals surface area (Å²) in [6.07, 6.45) is -1.36. The second kappa shape index (κ2) is 4.12. The molecule has 4 atom stereocenters. The number of nitrogens with zero attached hydrogens (tertiary/aromatic N) is 1. The quantitative estimate of drug-likeness (QED) is 0.691. The van der Waals surface area contributed by atoms with Crippen molar-refractivity contribution in [2.75, 3.05) is 13.2 Å². The van der Waals surface area contributed by atoms with Crippen molar-refractivity contribution in [1.82, 2.24) is 4.90 Å². The lowest BCUT2D eigenvalue weighted by atomic mass is 9.99. The molecule has 6 heteroatoms. The van der Waals surface area contributed by atoms with E-state index in [0.29, 0.717) is 13.2 Å². The van der Waals surface area contributed by atoms with Crippen molar-refractivity contribution in [3.05, 3.63) is 0 Å². The molecule has 1 amide bonds. The smallest absolute Gasteiger partial charge is 0.408 e.